The molecule has 162 valence electrons. The van der Waals surface area contributed by atoms with Gasteiger partial charge in [0.2, 0.25) is 10.0 Å². The fraction of sp³-hybridized carbons (Fsp3) is 0.389. The van der Waals surface area contributed by atoms with Crippen LogP contribution in [0.15, 0.2) is 41.4 Å². The number of hydrogen-bond donors (Lipinski definition) is 1. The number of anilines is 1. The van der Waals surface area contributed by atoms with Crippen molar-refractivity contribution in [1.82, 2.24) is 13.6 Å². The summed E-state index contributed by atoms with van der Waals surface area (Å²) in [7, 11) is -6.45. The second-order valence-electron chi connectivity index (χ2n) is 7.08. The molecule has 0 unspecified atom stereocenters. The molecule has 2 aliphatic rings. The zero-order valence-electron chi connectivity index (χ0n) is 16.3. The molecule has 1 aromatic heterocycles. The molecule has 0 saturated carbocycles. The van der Waals surface area contributed by atoms with Crippen LogP contribution in [0.25, 0.3) is 0 Å². The molecule has 12 heteroatoms. The minimum absolute atomic E-state index is 0.0685. The Balaban J connectivity index is 1.56. The van der Waals surface area contributed by atoms with E-state index in [-0.39, 0.29) is 30.2 Å². The summed E-state index contributed by atoms with van der Waals surface area (Å²) in [6, 6.07) is 8.27. The largest absolute Gasteiger partial charge is 0.379 e. The van der Waals surface area contributed by atoms with Crippen molar-refractivity contribution >= 4 is 31.8 Å². The number of benzene rings is 1. The first-order valence-corrected chi connectivity index (χ1v) is 12.2. The molecule has 0 radical (unpaired) electrons. The maximum Gasteiger partial charge on any atom is 0.326 e. The van der Waals surface area contributed by atoms with E-state index in [0.29, 0.717) is 25.3 Å². The predicted octanol–water partition coefficient (Wildman–Crippen LogP) is 0.0833. The number of nitrogens with zero attached hydrogens (tertiary/aromatic N) is 3. The predicted molar refractivity (Wildman–Crippen MR) is 109 cm³/mol. The van der Waals surface area contributed by atoms with E-state index >= 15 is 0 Å². The molecule has 4 rings (SSSR count). The Kier molecular flexibility index (Phi) is 5.34. The van der Waals surface area contributed by atoms with Crippen LogP contribution in [0.5, 0.6) is 0 Å². The Bertz CT molecular complexity index is 1180. The Labute approximate surface area is 175 Å². The van der Waals surface area contributed by atoms with Crippen molar-refractivity contribution in [2.45, 2.75) is 11.3 Å². The minimum Gasteiger partial charge on any atom is -0.379 e. The molecule has 1 fully saturated rings. The molecule has 1 N–H and O–H groups in total. The summed E-state index contributed by atoms with van der Waals surface area (Å²) in [6.07, 6.45) is 1.86. The fourth-order valence-corrected chi connectivity index (χ4v) is 6.32. The topological polar surface area (TPSA) is 118 Å². The average Bonchev–Trinajstić information content (AvgIpc) is 3.33. The number of para-hydroxylation sites is 1. The van der Waals surface area contributed by atoms with E-state index in [1.165, 1.54) is 28.2 Å². The van der Waals surface area contributed by atoms with E-state index in [0.717, 1.165) is 9.87 Å². The number of carbonyl (C=O) groups excluding carboxylic acids is 1. The maximum absolute atomic E-state index is 12.8. The highest BCUT2D eigenvalue weighted by molar-refractivity contribution is 7.91. The van der Waals surface area contributed by atoms with Crippen LogP contribution < -0.4 is 9.03 Å². The Hall–Kier alpha value is -2.41. The Morgan fingerprint density at radius 3 is 2.50 bits per heavy atom. The molecule has 3 heterocycles. The molecule has 1 amide bonds. The van der Waals surface area contributed by atoms with Crippen molar-refractivity contribution in [1.29, 1.82) is 0 Å². The van der Waals surface area contributed by atoms with E-state index in [2.05, 4.69) is 4.72 Å². The van der Waals surface area contributed by atoms with Gasteiger partial charge in [0, 0.05) is 32.9 Å². The first-order chi connectivity index (χ1) is 14.2. The van der Waals surface area contributed by atoms with Crippen LogP contribution in [-0.4, -0.2) is 64.5 Å². The standard InChI is InChI=1S/C18H22N4O6S2/c1-20-13-15(29(24,25)21-8-10-28-11-9-21)12-17(20)18(23)19-30(26,27)22-7-6-14-4-2-3-5-16(14)22/h2-5,12-13H,6-11H2,1H3,(H,19,23). The number of aromatic nitrogens is 1. The first-order valence-electron chi connectivity index (χ1n) is 9.37. The van der Waals surface area contributed by atoms with Gasteiger partial charge >= 0.3 is 10.2 Å². The van der Waals surface area contributed by atoms with Gasteiger partial charge < -0.3 is 9.30 Å². The lowest BCUT2D eigenvalue weighted by molar-refractivity contribution is 0.0730. The number of fused-ring (bicyclic) bond motifs is 1. The van der Waals surface area contributed by atoms with Crippen molar-refractivity contribution in [2.24, 2.45) is 7.05 Å². The number of carbonyl (C=O) groups is 1. The molecular formula is C18H22N4O6S2. The smallest absolute Gasteiger partial charge is 0.326 e. The number of nitrogens with one attached hydrogen (secondary N) is 1. The fourth-order valence-electron chi connectivity index (χ4n) is 3.62. The van der Waals surface area contributed by atoms with Crippen LogP contribution in [-0.2, 0) is 38.4 Å². The monoisotopic (exact) mass is 454 g/mol. The second-order valence-corrected chi connectivity index (χ2v) is 10.6. The van der Waals surface area contributed by atoms with E-state index in [1.807, 2.05) is 12.1 Å². The third kappa shape index (κ3) is 3.71. The normalized spacial score (nSPS) is 17.7. The number of ether oxygens (including phenoxy) is 1. The molecule has 1 aromatic carbocycles. The molecule has 2 aromatic rings. The van der Waals surface area contributed by atoms with Gasteiger partial charge in [-0.05, 0) is 24.1 Å². The number of sulfonamides is 1. The summed E-state index contributed by atoms with van der Waals surface area (Å²) in [5.41, 5.74) is 1.34. The van der Waals surface area contributed by atoms with Gasteiger partial charge in [0.25, 0.3) is 5.91 Å². The SMILES string of the molecule is Cn1cc(S(=O)(=O)N2CCOCC2)cc1C(=O)NS(=O)(=O)N1CCc2ccccc21. The third-order valence-corrected chi connectivity index (χ3v) is 8.44. The van der Waals surface area contributed by atoms with Gasteiger partial charge in [-0.1, -0.05) is 18.2 Å². The van der Waals surface area contributed by atoms with Crippen LogP contribution >= 0.6 is 0 Å². The summed E-state index contributed by atoms with van der Waals surface area (Å²) >= 11 is 0. The quantitative estimate of drug-likeness (QED) is 0.684. The first kappa shape index (κ1) is 20.8. The van der Waals surface area contributed by atoms with E-state index in [9.17, 15) is 21.6 Å². The van der Waals surface area contributed by atoms with Gasteiger partial charge in [-0.25, -0.2) is 13.1 Å². The van der Waals surface area contributed by atoms with Gasteiger partial charge in [-0.3, -0.25) is 9.10 Å². The highest BCUT2D eigenvalue weighted by atomic mass is 32.2. The lowest BCUT2D eigenvalue weighted by Crippen LogP contribution is -2.43. The number of hydrogen-bond acceptors (Lipinski definition) is 6. The number of rotatable bonds is 5. The second kappa shape index (κ2) is 7.69. The van der Waals surface area contributed by atoms with Crippen LogP contribution in [0.2, 0.25) is 0 Å². The number of morpholine rings is 1. The van der Waals surface area contributed by atoms with Gasteiger partial charge in [-0.15, -0.1) is 0 Å². The zero-order valence-corrected chi connectivity index (χ0v) is 17.9. The molecule has 0 aliphatic carbocycles. The van der Waals surface area contributed by atoms with Gasteiger partial charge in [-0.2, -0.15) is 12.7 Å². The molecule has 10 nitrogen and oxygen atoms in total. The lowest BCUT2D eigenvalue weighted by Gasteiger charge is -2.25. The lowest BCUT2D eigenvalue weighted by atomic mass is 10.2. The molecule has 0 atom stereocenters. The summed E-state index contributed by atoms with van der Waals surface area (Å²) in [4.78, 5) is 12.6. The third-order valence-electron chi connectivity index (χ3n) is 5.18. The van der Waals surface area contributed by atoms with Crippen molar-refractivity contribution in [3.05, 3.63) is 47.8 Å². The van der Waals surface area contributed by atoms with Gasteiger partial charge in [0.05, 0.1) is 18.9 Å². The highest BCUT2D eigenvalue weighted by Crippen LogP contribution is 2.29. The zero-order chi connectivity index (χ0) is 21.5. The van der Waals surface area contributed by atoms with Gasteiger partial charge in [0.15, 0.2) is 0 Å². The van der Waals surface area contributed by atoms with Crippen molar-refractivity contribution in [2.75, 3.05) is 37.2 Å². The van der Waals surface area contributed by atoms with Crippen LogP contribution in [0.4, 0.5) is 5.69 Å². The highest BCUT2D eigenvalue weighted by Gasteiger charge is 2.33. The number of amides is 1. The van der Waals surface area contributed by atoms with Crippen LogP contribution in [0.1, 0.15) is 16.1 Å². The Morgan fingerprint density at radius 1 is 1.07 bits per heavy atom. The van der Waals surface area contributed by atoms with E-state index in [4.69, 9.17) is 4.74 Å². The summed E-state index contributed by atoms with van der Waals surface area (Å²) < 4.78 is 62.1. The van der Waals surface area contributed by atoms with Crippen LogP contribution in [0, 0.1) is 0 Å². The average molecular weight is 455 g/mol. The molecule has 2 aliphatic heterocycles. The summed E-state index contributed by atoms with van der Waals surface area (Å²) in [6.45, 7) is 1.28. The van der Waals surface area contributed by atoms with Crippen LogP contribution in [0.3, 0.4) is 0 Å². The molecule has 0 spiro atoms. The molecular weight excluding hydrogens is 432 g/mol. The Morgan fingerprint density at radius 2 is 1.77 bits per heavy atom. The molecule has 30 heavy (non-hydrogen) atoms. The summed E-state index contributed by atoms with van der Waals surface area (Å²) in [5.74, 6) is -0.898. The van der Waals surface area contributed by atoms with Gasteiger partial charge in [0.1, 0.15) is 10.6 Å². The molecule has 0 bridgehead atoms. The minimum atomic E-state index is -4.14. The number of aryl methyl sites for hydroxylation is 1. The van der Waals surface area contributed by atoms with Crippen molar-refractivity contribution < 1.29 is 26.4 Å². The van der Waals surface area contributed by atoms with Crippen molar-refractivity contribution in [3.8, 4) is 0 Å². The maximum atomic E-state index is 12.8. The molecule has 1 saturated heterocycles. The summed E-state index contributed by atoms with van der Waals surface area (Å²) in [5, 5.41) is 0. The van der Waals surface area contributed by atoms with Crippen molar-refractivity contribution in [3.63, 3.8) is 0 Å². The van der Waals surface area contributed by atoms with E-state index in [1.54, 1.807) is 12.1 Å². The van der Waals surface area contributed by atoms with E-state index < -0.39 is 26.1 Å².